The van der Waals surface area contributed by atoms with Crippen LogP contribution in [0, 0.1) is 12.8 Å². The third-order valence-corrected chi connectivity index (χ3v) is 5.75. The summed E-state index contributed by atoms with van der Waals surface area (Å²) in [7, 11) is -2.93. The summed E-state index contributed by atoms with van der Waals surface area (Å²) in [5.74, 6) is 0.828. The van der Waals surface area contributed by atoms with Gasteiger partial charge in [0.1, 0.15) is 5.76 Å². The highest BCUT2D eigenvalue weighted by molar-refractivity contribution is 7.91. The Morgan fingerprint density at radius 1 is 1.35 bits per heavy atom. The van der Waals surface area contributed by atoms with Gasteiger partial charge in [-0.25, -0.2) is 13.4 Å². The van der Waals surface area contributed by atoms with Gasteiger partial charge in [-0.15, -0.1) is 0 Å². The Kier molecular flexibility index (Phi) is 4.21. The summed E-state index contributed by atoms with van der Waals surface area (Å²) in [6.45, 7) is 2.03. The molecule has 2 heterocycles. The van der Waals surface area contributed by atoms with Crippen LogP contribution < -0.4 is 5.32 Å². The van der Waals surface area contributed by atoms with Crippen LogP contribution in [0.15, 0.2) is 34.7 Å². The van der Waals surface area contributed by atoms with Crippen LogP contribution in [0.1, 0.15) is 22.7 Å². The average Bonchev–Trinajstić information content (AvgIpc) is 3.08. The second kappa shape index (κ2) is 6.16. The molecule has 1 aliphatic heterocycles. The minimum absolute atomic E-state index is 0.0234. The van der Waals surface area contributed by atoms with Crippen molar-refractivity contribution in [2.45, 2.75) is 13.3 Å². The lowest BCUT2D eigenvalue weighted by molar-refractivity contribution is 0.0942. The van der Waals surface area contributed by atoms with E-state index in [0.717, 1.165) is 5.56 Å². The monoisotopic (exact) mass is 334 g/mol. The maximum atomic E-state index is 12.2. The van der Waals surface area contributed by atoms with Crippen LogP contribution in [-0.2, 0) is 9.84 Å². The van der Waals surface area contributed by atoms with E-state index < -0.39 is 9.84 Å². The molecule has 1 aliphatic rings. The SMILES string of the molecule is Cc1oc(-c2ccccc2)nc1C(=O)NC[C@@H]1CCS(=O)(=O)C1. The fourth-order valence-corrected chi connectivity index (χ4v) is 4.53. The fourth-order valence-electron chi connectivity index (χ4n) is 2.67. The van der Waals surface area contributed by atoms with E-state index in [4.69, 9.17) is 4.42 Å². The van der Waals surface area contributed by atoms with Gasteiger partial charge in [0.2, 0.25) is 5.89 Å². The molecule has 0 aliphatic carbocycles. The Morgan fingerprint density at radius 3 is 2.74 bits per heavy atom. The lowest BCUT2D eigenvalue weighted by Gasteiger charge is -2.08. The number of carbonyl (C=O) groups excluding carboxylic acids is 1. The number of sulfone groups is 1. The molecule has 1 amide bonds. The molecule has 1 aromatic carbocycles. The van der Waals surface area contributed by atoms with Crippen LogP contribution in [0.5, 0.6) is 0 Å². The van der Waals surface area contributed by atoms with E-state index in [1.54, 1.807) is 6.92 Å². The van der Waals surface area contributed by atoms with Gasteiger partial charge in [0.15, 0.2) is 15.5 Å². The summed E-state index contributed by atoms with van der Waals surface area (Å²) in [5, 5.41) is 2.76. The van der Waals surface area contributed by atoms with Crippen LogP contribution in [-0.4, -0.2) is 37.4 Å². The van der Waals surface area contributed by atoms with Gasteiger partial charge in [0.25, 0.3) is 5.91 Å². The van der Waals surface area contributed by atoms with Crippen LogP contribution in [0.3, 0.4) is 0 Å². The number of nitrogens with one attached hydrogen (secondary N) is 1. The van der Waals surface area contributed by atoms with Gasteiger partial charge < -0.3 is 9.73 Å². The van der Waals surface area contributed by atoms with Crippen molar-refractivity contribution >= 4 is 15.7 Å². The third-order valence-electron chi connectivity index (χ3n) is 3.91. The van der Waals surface area contributed by atoms with Gasteiger partial charge in [-0.05, 0) is 31.4 Å². The molecule has 0 radical (unpaired) electrons. The van der Waals surface area contributed by atoms with Crippen molar-refractivity contribution in [3.05, 3.63) is 41.8 Å². The van der Waals surface area contributed by atoms with Gasteiger partial charge >= 0.3 is 0 Å². The van der Waals surface area contributed by atoms with E-state index in [1.807, 2.05) is 30.3 Å². The number of aryl methyl sites for hydroxylation is 1. The molecule has 0 saturated carbocycles. The molecule has 1 aromatic heterocycles. The van der Waals surface area contributed by atoms with Crippen molar-refractivity contribution in [3.8, 4) is 11.5 Å². The highest BCUT2D eigenvalue weighted by Gasteiger charge is 2.28. The molecule has 1 atom stereocenters. The summed E-state index contributed by atoms with van der Waals surface area (Å²) in [6, 6.07) is 9.35. The molecule has 2 aromatic rings. The van der Waals surface area contributed by atoms with Crippen molar-refractivity contribution in [2.24, 2.45) is 5.92 Å². The fraction of sp³-hybridized carbons (Fsp3) is 0.375. The van der Waals surface area contributed by atoms with Crippen LogP contribution in [0.4, 0.5) is 0 Å². The maximum Gasteiger partial charge on any atom is 0.273 e. The lowest BCUT2D eigenvalue weighted by Crippen LogP contribution is -2.30. The minimum atomic E-state index is -2.93. The molecule has 6 nitrogen and oxygen atoms in total. The van der Waals surface area contributed by atoms with Crippen molar-refractivity contribution in [2.75, 3.05) is 18.1 Å². The molecule has 122 valence electrons. The Bertz CT molecular complexity index is 812. The van der Waals surface area contributed by atoms with Crippen molar-refractivity contribution in [3.63, 3.8) is 0 Å². The molecular weight excluding hydrogens is 316 g/mol. The first kappa shape index (κ1) is 15.7. The number of carbonyl (C=O) groups is 1. The number of nitrogens with zero attached hydrogens (tertiary/aromatic N) is 1. The number of aromatic nitrogens is 1. The Labute approximate surface area is 134 Å². The largest absolute Gasteiger partial charge is 0.441 e. The number of hydrogen-bond acceptors (Lipinski definition) is 5. The van der Waals surface area contributed by atoms with Gasteiger partial charge in [-0.3, -0.25) is 4.79 Å². The molecule has 1 saturated heterocycles. The molecule has 7 heteroatoms. The summed E-state index contributed by atoms with van der Waals surface area (Å²) in [5.41, 5.74) is 1.04. The smallest absolute Gasteiger partial charge is 0.273 e. The van der Waals surface area contributed by atoms with Gasteiger partial charge in [0.05, 0.1) is 11.5 Å². The normalized spacial score (nSPS) is 19.6. The highest BCUT2D eigenvalue weighted by Crippen LogP contribution is 2.22. The first-order valence-corrected chi connectivity index (χ1v) is 9.28. The number of oxazole rings is 1. The predicted octanol–water partition coefficient (Wildman–Crippen LogP) is 1.81. The van der Waals surface area contributed by atoms with Gasteiger partial charge in [-0.2, -0.15) is 0 Å². The van der Waals surface area contributed by atoms with E-state index in [2.05, 4.69) is 10.3 Å². The van der Waals surface area contributed by atoms with Crippen LogP contribution in [0.2, 0.25) is 0 Å². The number of benzene rings is 1. The molecule has 23 heavy (non-hydrogen) atoms. The molecule has 3 rings (SSSR count). The first-order valence-electron chi connectivity index (χ1n) is 7.46. The van der Waals surface area contributed by atoms with Crippen molar-refractivity contribution in [1.82, 2.24) is 10.3 Å². The minimum Gasteiger partial charge on any atom is -0.441 e. The van der Waals surface area contributed by atoms with E-state index >= 15 is 0 Å². The third kappa shape index (κ3) is 3.61. The number of rotatable bonds is 4. The van der Waals surface area contributed by atoms with Gasteiger partial charge in [-0.1, -0.05) is 18.2 Å². The Morgan fingerprint density at radius 2 is 2.09 bits per heavy atom. The zero-order valence-electron chi connectivity index (χ0n) is 12.8. The zero-order chi connectivity index (χ0) is 16.4. The van der Waals surface area contributed by atoms with Crippen LogP contribution >= 0.6 is 0 Å². The topological polar surface area (TPSA) is 89.3 Å². The second-order valence-corrected chi connectivity index (χ2v) is 8.00. The Hall–Kier alpha value is -2.15. The van der Waals surface area contributed by atoms with Crippen LogP contribution in [0.25, 0.3) is 11.5 Å². The van der Waals surface area contributed by atoms with Crippen molar-refractivity contribution in [1.29, 1.82) is 0 Å². The maximum absolute atomic E-state index is 12.2. The lowest BCUT2D eigenvalue weighted by atomic mass is 10.1. The van der Waals surface area contributed by atoms with E-state index in [0.29, 0.717) is 24.6 Å². The summed E-state index contributed by atoms with van der Waals surface area (Å²) < 4.78 is 28.4. The first-order chi connectivity index (χ1) is 10.9. The molecule has 1 N–H and O–H groups in total. The summed E-state index contributed by atoms with van der Waals surface area (Å²) >= 11 is 0. The summed E-state index contributed by atoms with van der Waals surface area (Å²) in [4.78, 5) is 16.5. The van der Waals surface area contributed by atoms with Crippen molar-refractivity contribution < 1.29 is 17.6 Å². The molecule has 0 bridgehead atoms. The average molecular weight is 334 g/mol. The van der Waals surface area contributed by atoms with E-state index in [1.165, 1.54) is 0 Å². The molecular formula is C16H18N2O4S. The molecule has 1 fully saturated rings. The standard InChI is InChI=1S/C16H18N2O4S/c1-11-14(18-16(22-11)13-5-3-2-4-6-13)15(19)17-9-12-7-8-23(20,21)10-12/h2-6,12H,7-10H2,1H3,(H,17,19)/t12-/m0/s1. The summed E-state index contributed by atoms with van der Waals surface area (Å²) in [6.07, 6.45) is 0.593. The number of amides is 1. The molecule has 0 unspecified atom stereocenters. The number of hydrogen-bond donors (Lipinski definition) is 1. The quantitative estimate of drug-likeness (QED) is 0.921. The second-order valence-electron chi connectivity index (χ2n) is 5.77. The molecule has 0 spiro atoms. The highest BCUT2D eigenvalue weighted by atomic mass is 32.2. The van der Waals surface area contributed by atoms with Gasteiger partial charge in [0, 0.05) is 12.1 Å². The van der Waals surface area contributed by atoms with E-state index in [-0.39, 0.29) is 29.0 Å². The predicted molar refractivity (Wildman–Crippen MR) is 85.8 cm³/mol. The van der Waals surface area contributed by atoms with E-state index in [9.17, 15) is 13.2 Å². The Balaban J connectivity index is 1.67. The zero-order valence-corrected chi connectivity index (χ0v) is 13.6.